The number of hydrogen-bond donors (Lipinski definition) is 0. The van der Waals surface area contributed by atoms with E-state index in [1.807, 2.05) is 35.0 Å². The third-order valence-electron chi connectivity index (χ3n) is 3.58. The van der Waals surface area contributed by atoms with Crippen molar-refractivity contribution in [2.75, 3.05) is 0 Å². The molecule has 0 atom stereocenters. The zero-order valence-corrected chi connectivity index (χ0v) is 10.8. The maximum absolute atomic E-state index is 11.8. The number of ketones is 1. The van der Waals surface area contributed by atoms with Crippen molar-refractivity contribution in [1.82, 2.24) is 19.4 Å². The number of Topliss-reactive ketones (excluding diaryl/α,β-unsaturated/α-hetero) is 1. The van der Waals surface area contributed by atoms with E-state index in [2.05, 4.69) is 15.0 Å². The molecular weight excluding hydrogens is 252 g/mol. The van der Waals surface area contributed by atoms with Crippen LogP contribution in [-0.2, 0) is 6.42 Å². The van der Waals surface area contributed by atoms with Crippen LogP contribution in [0.3, 0.4) is 0 Å². The Morgan fingerprint density at radius 2 is 2.10 bits per heavy atom. The van der Waals surface area contributed by atoms with Crippen LogP contribution in [0.25, 0.3) is 17.2 Å². The Kier molecular flexibility index (Phi) is 2.39. The SMILES string of the molecule is O=C1CCCc2nc(-c3cn4ccccc4n3)ncc21. The van der Waals surface area contributed by atoms with E-state index in [0.29, 0.717) is 17.8 Å². The first kappa shape index (κ1) is 11.3. The summed E-state index contributed by atoms with van der Waals surface area (Å²) in [6.45, 7) is 0. The van der Waals surface area contributed by atoms with Crippen LogP contribution in [-0.4, -0.2) is 25.1 Å². The molecule has 0 spiro atoms. The smallest absolute Gasteiger partial charge is 0.180 e. The molecule has 20 heavy (non-hydrogen) atoms. The highest BCUT2D eigenvalue weighted by atomic mass is 16.1. The molecule has 3 heterocycles. The third kappa shape index (κ3) is 1.71. The molecule has 4 rings (SSSR count). The Morgan fingerprint density at radius 1 is 1.15 bits per heavy atom. The highest BCUT2D eigenvalue weighted by molar-refractivity contribution is 5.97. The number of rotatable bonds is 1. The molecule has 0 N–H and O–H groups in total. The van der Waals surface area contributed by atoms with Crippen LogP contribution in [0.2, 0.25) is 0 Å². The molecule has 0 saturated carbocycles. The lowest BCUT2D eigenvalue weighted by Gasteiger charge is -2.13. The molecule has 98 valence electrons. The number of hydrogen-bond acceptors (Lipinski definition) is 4. The van der Waals surface area contributed by atoms with Gasteiger partial charge < -0.3 is 4.40 Å². The first-order chi connectivity index (χ1) is 9.81. The fourth-order valence-electron chi connectivity index (χ4n) is 2.56. The van der Waals surface area contributed by atoms with E-state index in [9.17, 15) is 4.79 Å². The standard InChI is InChI=1S/C15H12N4O/c20-13-5-3-4-11-10(13)8-16-15(18-11)12-9-19-7-2-1-6-14(19)17-12/h1-2,6-9H,3-5H2. The van der Waals surface area contributed by atoms with Gasteiger partial charge in [0.25, 0.3) is 0 Å². The molecule has 1 aliphatic carbocycles. The highest BCUT2D eigenvalue weighted by Crippen LogP contribution is 2.22. The van der Waals surface area contributed by atoms with Crippen molar-refractivity contribution in [3.63, 3.8) is 0 Å². The summed E-state index contributed by atoms with van der Waals surface area (Å²) in [6.07, 6.45) is 7.79. The van der Waals surface area contributed by atoms with Gasteiger partial charge in [0.1, 0.15) is 11.3 Å². The summed E-state index contributed by atoms with van der Waals surface area (Å²) < 4.78 is 1.93. The number of fused-ring (bicyclic) bond motifs is 2. The van der Waals surface area contributed by atoms with Crippen molar-refractivity contribution < 1.29 is 4.79 Å². The van der Waals surface area contributed by atoms with E-state index in [1.165, 1.54) is 0 Å². The minimum Gasteiger partial charge on any atom is -0.306 e. The Morgan fingerprint density at radius 3 is 3.00 bits per heavy atom. The van der Waals surface area contributed by atoms with Crippen molar-refractivity contribution >= 4 is 11.4 Å². The third-order valence-corrected chi connectivity index (χ3v) is 3.58. The van der Waals surface area contributed by atoms with Crippen LogP contribution < -0.4 is 0 Å². The van der Waals surface area contributed by atoms with Gasteiger partial charge in [-0.25, -0.2) is 15.0 Å². The molecule has 5 nitrogen and oxygen atoms in total. The number of imidazole rings is 1. The molecule has 0 radical (unpaired) electrons. The Bertz CT molecular complexity index is 789. The second-order valence-corrected chi connectivity index (χ2v) is 4.92. The summed E-state index contributed by atoms with van der Waals surface area (Å²) in [4.78, 5) is 25.1. The average Bonchev–Trinajstić information content (AvgIpc) is 2.91. The van der Waals surface area contributed by atoms with Gasteiger partial charge in [0.05, 0.1) is 11.3 Å². The van der Waals surface area contributed by atoms with E-state index in [-0.39, 0.29) is 5.78 Å². The number of carbonyl (C=O) groups excluding carboxylic acids is 1. The molecule has 5 heteroatoms. The van der Waals surface area contributed by atoms with Crippen molar-refractivity contribution in [3.8, 4) is 11.5 Å². The average molecular weight is 264 g/mol. The summed E-state index contributed by atoms with van der Waals surface area (Å²) in [5, 5.41) is 0. The van der Waals surface area contributed by atoms with Gasteiger partial charge in [-0.15, -0.1) is 0 Å². The summed E-state index contributed by atoms with van der Waals surface area (Å²) in [5.74, 6) is 0.731. The number of aryl methyl sites for hydroxylation is 1. The van der Waals surface area contributed by atoms with Crippen LogP contribution in [0.15, 0.2) is 36.8 Å². The first-order valence-corrected chi connectivity index (χ1v) is 6.64. The number of aromatic nitrogens is 4. The Hall–Kier alpha value is -2.56. The van der Waals surface area contributed by atoms with Crippen molar-refractivity contribution in [3.05, 3.63) is 48.0 Å². The fraction of sp³-hybridized carbons (Fsp3) is 0.200. The summed E-state index contributed by atoms with van der Waals surface area (Å²) in [6, 6.07) is 5.83. The van der Waals surface area contributed by atoms with Crippen LogP contribution in [0.4, 0.5) is 0 Å². The van der Waals surface area contributed by atoms with E-state index >= 15 is 0 Å². The number of nitrogens with zero attached hydrogens (tertiary/aromatic N) is 4. The molecule has 0 bridgehead atoms. The molecule has 0 fully saturated rings. The van der Waals surface area contributed by atoms with E-state index in [0.717, 1.165) is 29.9 Å². The number of pyridine rings is 1. The maximum atomic E-state index is 11.8. The molecular formula is C15H12N4O. The molecule has 1 aliphatic rings. The molecule has 0 aromatic carbocycles. The zero-order valence-electron chi connectivity index (χ0n) is 10.8. The van der Waals surface area contributed by atoms with Crippen LogP contribution in [0.5, 0.6) is 0 Å². The van der Waals surface area contributed by atoms with Gasteiger partial charge in [-0.3, -0.25) is 4.79 Å². The predicted octanol–water partition coefficient (Wildman–Crippen LogP) is 2.31. The fourth-order valence-corrected chi connectivity index (χ4v) is 2.56. The molecule has 0 unspecified atom stereocenters. The predicted molar refractivity (Wildman–Crippen MR) is 73.5 cm³/mol. The largest absolute Gasteiger partial charge is 0.306 e. The van der Waals surface area contributed by atoms with Crippen molar-refractivity contribution in [1.29, 1.82) is 0 Å². The zero-order chi connectivity index (χ0) is 13.5. The van der Waals surface area contributed by atoms with Gasteiger partial charge in [0.2, 0.25) is 0 Å². The summed E-state index contributed by atoms with van der Waals surface area (Å²) in [5.41, 5.74) is 3.11. The van der Waals surface area contributed by atoms with E-state index < -0.39 is 0 Å². The molecule has 0 saturated heterocycles. The van der Waals surface area contributed by atoms with Gasteiger partial charge in [-0.2, -0.15) is 0 Å². The number of carbonyl (C=O) groups is 1. The lowest BCUT2D eigenvalue weighted by molar-refractivity contribution is 0.0971. The van der Waals surface area contributed by atoms with Crippen molar-refractivity contribution in [2.24, 2.45) is 0 Å². The highest BCUT2D eigenvalue weighted by Gasteiger charge is 2.20. The monoisotopic (exact) mass is 264 g/mol. The van der Waals surface area contributed by atoms with Crippen LogP contribution in [0.1, 0.15) is 28.9 Å². The van der Waals surface area contributed by atoms with Gasteiger partial charge >= 0.3 is 0 Å². The lowest BCUT2D eigenvalue weighted by atomic mass is 9.96. The van der Waals surface area contributed by atoms with E-state index in [4.69, 9.17) is 0 Å². The van der Waals surface area contributed by atoms with Gasteiger partial charge in [-0.1, -0.05) is 6.07 Å². The second kappa shape index (κ2) is 4.23. The van der Waals surface area contributed by atoms with E-state index in [1.54, 1.807) is 6.20 Å². The molecule has 0 amide bonds. The quantitative estimate of drug-likeness (QED) is 0.676. The van der Waals surface area contributed by atoms with Crippen LogP contribution >= 0.6 is 0 Å². The molecule has 3 aromatic heterocycles. The molecule has 0 aliphatic heterocycles. The topological polar surface area (TPSA) is 60.2 Å². The van der Waals surface area contributed by atoms with Gasteiger partial charge in [-0.05, 0) is 25.0 Å². The lowest BCUT2D eigenvalue weighted by Crippen LogP contribution is -2.13. The summed E-state index contributed by atoms with van der Waals surface area (Å²) in [7, 11) is 0. The first-order valence-electron chi connectivity index (χ1n) is 6.64. The van der Waals surface area contributed by atoms with Gasteiger partial charge in [0.15, 0.2) is 11.6 Å². The summed E-state index contributed by atoms with van der Waals surface area (Å²) >= 11 is 0. The minimum atomic E-state index is 0.146. The van der Waals surface area contributed by atoms with Gasteiger partial charge in [0, 0.05) is 25.0 Å². The molecule has 3 aromatic rings. The van der Waals surface area contributed by atoms with Crippen molar-refractivity contribution in [2.45, 2.75) is 19.3 Å². The maximum Gasteiger partial charge on any atom is 0.180 e. The minimum absolute atomic E-state index is 0.146. The normalized spacial score (nSPS) is 14.5. The second-order valence-electron chi connectivity index (χ2n) is 4.92. The Labute approximate surface area is 115 Å². The Balaban J connectivity index is 1.84. The van der Waals surface area contributed by atoms with Crippen LogP contribution in [0, 0.1) is 0 Å².